The Bertz CT molecular complexity index is 1700. The minimum atomic E-state index is -1.64. The highest BCUT2D eigenvalue weighted by Gasteiger charge is 2.68. The molecule has 1 amide bonds. The number of nitro groups is 2. The minimum absolute atomic E-state index is 0.0146. The Morgan fingerprint density at radius 2 is 1.73 bits per heavy atom. The van der Waals surface area contributed by atoms with Crippen molar-refractivity contribution in [3.05, 3.63) is 55.6 Å². The molecule has 1 aromatic carbocycles. The summed E-state index contributed by atoms with van der Waals surface area (Å²) in [5, 5.41) is 57.3. The molecular formula is C40H55N3O12. The van der Waals surface area contributed by atoms with Gasteiger partial charge >= 0.3 is 0 Å². The normalized spacial score (nSPS) is 46.2. The molecule has 8 rings (SSSR count). The van der Waals surface area contributed by atoms with Gasteiger partial charge in [-0.15, -0.1) is 0 Å². The zero-order valence-corrected chi connectivity index (χ0v) is 32.0. The van der Waals surface area contributed by atoms with Crippen molar-refractivity contribution in [1.29, 1.82) is 0 Å². The highest BCUT2D eigenvalue weighted by atomic mass is 16.7. The highest BCUT2D eigenvalue weighted by Crippen LogP contribution is 2.70. The van der Waals surface area contributed by atoms with Crippen LogP contribution in [0.1, 0.15) is 95.8 Å². The highest BCUT2D eigenvalue weighted by molar-refractivity contribution is 5.95. The summed E-state index contributed by atoms with van der Waals surface area (Å²) in [5.41, 5.74) is -0.170. The predicted molar refractivity (Wildman–Crippen MR) is 195 cm³/mol. The molecule has 7 aliphatic rings. The molecule has 302 valence electrons. The molecular weight excluding hydrogens is 714 g/mol. The summed E-state index contributed by atoms with van der Waals surface area (Å²) in [5.74, 6) is 1.67. The first-order chi connectivity index (χ1) is 26.1. The van der Waals surface area contributed by atoms with Crippen LogP contribution in [0.5, 0.6) is 0 Å². The van der Waals surface area contributed by atoms with E-state index in [1.165, 1.54) is 5.57 Å². The van der Waals surface area contributed by atoms with Crippen LogP contribution >= 0.6 is 0 Å². The van der Waals surface area contributed by atoms with E-state index >= 15 is 0 Å². The first kappa shape index (κ1) is 38.8. The average molecular weight is 770 g/mol. The van der Waals surface area contributed by atoms with E-state index in [-0.39, 0.29) is 28.6 Å². The summed E-state index contributed by atoms with van der Waals surface area (Å²) < 4.78 is 25.9. The number of fused-ring (bicyclic) bond motifs is 7. The van der Waals surface area contributed by atoms with Crippen LogP contribution in [0, 0.1) is 66.6 Å². The molecule has 3 saturated carbocycles. The molecule has 55 heavy (non-hydrogen) atoms. The summed E-state index contributed by atoms with van der Waals surface area (Å²) in [6.45, 7) is 9.70. The summed E-state index contributed by atoms with van der Waals surface area (Å²) in [7, 11) is 0. The van der Waals surface area contributed by atoms with Gasteiger partial charge in [0, 0.05) is 24.5 Å². The molecule has 15 nitrogen and oxygen atoms in total. The number of nitrogens with zero attached hydrogens (tertiary/aromatic N) is 2. The smallest absolute Gasteiger partial charge is 0.277 e. The maximum Gasteiger partial charge on any atom is 0.277 e. The second kappa shape index (κ2) is 14.1. The molecule has 1 aromatic rings. The number of carbonyl (C=O) groups excluding carboxylic acids is 1. The number of allylic oxidation sites excluding steroid dienone is 1. The molecule has 0 radical (unpaired) electrons. The van der Waals surface area contributed by atoms with E-state index in [1.54, 1.807) is 0 Å². The molecule has 1 spiro atoms. The van der Waals surface area contributed by atoms with E-state index in [4.69, 9.17) is 18.9 Å². The number of hydrogen-bond donors (Lipinski definition) is 4. The second-order valence-electron chi connectivity index (χ2n) is 18.2. The van der Waals surface area contributed by atoms with Gasteiger partial charge in [-0.1, -0.05) is 39.3 Å². The van der Waals surface area contributed by atoms with E-state index in [2.05, 4.69) is 39.1 Å². The molecule has 4 N–H and O–H groups in total. The number of nitrogens with one attached hydrogen (secondary N) is 1. The number of benzene rings is 1. The predicted octanol–water partition coefficient (Wildman–Crippen LogP) is 4.79. The fourth-order valence-corrected chi connectivity index (χ4v) is 12.5. The van der Waals surface area contributed by atoms with Crippen LogP contribution in [0.3, 0.4) is 0 Å². The Labute approximate surface area is 320 Å². The van der Waals surface area contributed by atoms with Gasteiger partial charge in [0.2, 0.25) is 0 Å². The summed E-state index contributed by atoms with van der Waals surface area (Å²) in [4.78, 5) is 34.6. The first-order valence-electron chi connectivity index (χ1n) is 20.1. The van der Waals surface area contributed by atoms with Gasteiger partial charge in [-0.25, -0.2) is 0 Å². The Morgan fingerprint density at radius 3 is 2.38 bits per heavy atom. The number of nitro benzene ring substituents is 2. The van der Waals surface area contributed by atoms with Crippen LogP contribution in [0.25, 0.3) is 0 Å². The average Bonchev–Trinajstić information content (AvgIpc) is 3.61. The fourth-order valence-electron chi connectivity index (χ4n) is 12.5. The third-order valence-corrected chi connectivity index (χ3v) is 15.4. The lowest BCUT2D eigenvalue weighted by Gasteiger charge is -2.58. The topological polar surface area (TPSA) is 213 Å². The molecule has 0 aromatic heterocycles. The van der Waals surface area contributed by atoms with Crippen molar-refractivity contribution in [1.82, 2.24) is 5.32 Å². The second-order valence-corrected chi connectivity index (χ2v) is 18.2. The van der Waals surface area contributed by atoms with Crippen LogP contribution in [0.15, 0.2) is 29.8 Å². The Hall–Kier alpha value is -3.05. The maximum atomic E-state index is 13.4. The van der Waals surface area contributed by atoms with E-state index in [0.29, 0.717) is 48.3 Å². The largest absolute Gasteiger partial charge is 0.394 e. The molecule has 6 fully saturated rings. The SMILES string of the molecule is C[C@@H]1CC[C@@]2(OC1)O[C@H]1C[C@H]3[C@@H]4CC=C5C[C@@H](O[C@@H]6O[C@H](CO)[C@@H](O)[C@H](O)[C@H]6NC(=O)c6cc([N+](=O)[O-])cc([N+](=O)[O-])c6)CC[C@]5(C)[C@H]4CC[C@]3(C)[C@H]1[C@@H]2C. The van der Waals surface area contributed by atoms with Crippen molar-refractivity contribution in [2.75, 3.05) is 13.2 Å². The van der Waals surface area contributed by atoms with Gasteiger partial charge in [-0.2, -0.15) is 0 Å². The van der Waals surface area contributed by atoms with Crippen LogP contribution in [0.2, 0.25) is 0 Å². The number of aliphatic hydroxyl groups excluding tert-OH is 3. The first-order valence-corrected chi connectivity index (χ1v) is 20.1. The molecule has 0 unspecified atom stereocenters. The number of carbonyl (C=O) groups is 1. The maximum absolute atomic E-state index is 13.4. The van der Waals surface area contributed by atoms with Gasteiger partial charge in [-0.3, -0.25) is 25.0 Å². The molecule has 0 bridgehead atoms. The van der Waals surface area contributed by atoms with Crippen LogP contribution < -0.4 is 5.32 Å². The number of rotatable bonds is 7. The Balaban J connectivity index is 0.976. The van der Waals surface area contributed by atoms with Crippen molar-refractivity contribution in [3.8, 4) is 0 Å². The lowest BCUT2D eigenvalue weighted by atomic mass is 9.47. The van der Waals surface area contributed by atoms with Gasteiger partial charge in [0.1, 0.15) is 24.4 Å². The molecule has 15 heteroatoms. The minimum Gasteiger partial charge on any atom is -0.394 e. The summed E-state index contributed by atoms with van der Waals surface area (Å²) in [6, 6.07) is 1.18. The number of non-ortho nitro benzene ring substituents is 2. The molecule has 4 aliphatic carbocycles. The number of aliphatic hydroxyl groups is 3. The van der Waals surface area contributed by atoms with E-state index in [9.17, 15) is 40.3 Å². The van der Waals surface area contributed by atoms with Crippen molar-refractivity contribution < 1.29 is 48.9 Å². The van der Waals surface area contributed by atoms with Crippen molar-refractivity contribution in [2.24, 2.45) is 46.3 Å². The van der Waals surface area contributed by atoms with Gasteiger partial charge < -0.3 is 39.6 Å². The number of hydrogen-bond acceptors (Lipinski definition) is 12. The summed E-state index contributed by atoms with van der Waals surface area (Å²) in [6.07, 6.45) is 5.23. The lowest BCUT2D eigenvalue weighted by molar-refractivity contribution is -0.394. The zero-order valence-electron chi connectivity index (χ0n) is 32.0. The molecule has 3 heterocycles. The van der Waals surface area contributed by atoms with Crippen molar-refractivity contribution >= 4 is 17.3 Å². The van der Waals surface area contributed by atoms with E-state index in [0.717, 1.165) is 69.8 Å². The Morgan fingerprint density at radius 1 is 1.00 bits per heavy atom. The van der Waals surface area contributed by atoms with Gasteiger partial charge in [0.15, 0.2) is 12.1 Å². The number of ether oxygens (including phenoxy) is 4. The quantitative estimate of drug-likeness (QED) is 0.167. The van der Waals surface area contributed by atoms with Crippen LogP contribution in [0.4, 0.5) is 11.4 Å². The summed E-state index contributed by atoms with van der Waals surface area (Å²) >= 11 is 0. The third-order valence-electron chi connectivity index (χ3n) is 15.4. The van der Waals surface area contributed by atoms with Crippen LogP contribution in [-0.4, -0.2) is 92.9 Å². The Kier molecular flexibility index (Phi) is 9.95. The van der Waals surface area contributed by atoms with Crippen molar-refractivity contribution in [3.63, 3.8) is 0 Å². The van der Waals surface area contributed by atoms with Crippen molar-refractivity contribution in [2.45, 2.75) is 134 Å². The van der Waals surface area contributed by atoms with Crippen LogP contribution in [-0.2, 0) is 18.9 Å². The molecule has 16 atom stereocenters. The fraction of sp³-hybridized carbons (Fsp3) is 0.775. The molecule has 3 aliphatic heterocycles. The van der Waals surface area contributed by atoms with E-state index < -0.39 is 70.2 Å². The number of amides is 1. The van der Waals surface area contributed by atoms with Gasteiger partial charge in [0.05, 0.1) is 46.9 Å². The zero-order chi connectivity index (χ0) is 39.2. The van der Waals surface area contributed by atoms with E-state index in [1.807, 2.05) is 0 Å². The molecule has 3 saturated heterocycles. The monoisotopic (exact) mass is 769 g/mol. The van der Waals surface area contributed by atoms with Gasteiger partial charge in [-0.05, 0) is 91.8 Å². The standard InChI is InChI=1S/C40H55N3O12/c1-20-7-12-40(52-19-20)21(2)32-30(55-40)17-29-27-6-5-23-15-26(8-10-38(23,3)28(27)9-11-39(29,32)4)53-37-33(35(46)34(45)31(18-44)54-37)41-36(47)22-13-24(42(48)49)16-25(14-22)43(50)51/h5,13-14,16,20-21,26-35,37,44-46H,6-12,15,17-19H2,1-4H3,(H,41,47)/t20-,21+,26+,27-,28+,29+,30+,31-,32+,33-,34-,35-,37-,38+,39+,40-/m1/s1. The van der Waals surface area contributed by atoms with Gasteiger partial charge in [0.25, 0.3) is 17.3 Å². The third kappa shape index (κ3) is 6.32. The lowest BCUT2D eigenvalue weighted by Crippen LogP contribution is -2.65.